The molecule has 8 heteroatoms. The molecule has 3 aromatic carbocycles. The summed E-state index contributed by atoms with van der Waals surface area (Å²) in [6.07, 6.45) is 0. The number of nitrogens with one attached hydrogen (secondary N) is 1. The highest BCUT2D eigenvalue weighted by Gasteiger charge is 2.24. The van der Waals surface area contributed by atoms with Crippen LogP contribution in [0.15, 0.2) is 83.8 Å². The lowest BCUT2D eigenvalue weighted by molar-refractivity contribution is 0.0747. The molecule has 1 heterocycles. The first-order valence-electron chi connectivity index (χ1n) is 9.91. The number of amides is 1. The molecule has 0 saturated carbocycles. The van der Waals surface area contributed by atoms with Gasteiger partial charge in [0, 0.05) is 37.4 Å². The molecule has 0 unspecified atom stereocenters. The molecule has 1 aliphatic heterocycles. The van der Waals surface area contributed by atoms with E-state index in [4.69, 9.17) is 11.6 Å². The largest absolute Gasteiger partial charge is 0.367 e. The Labute approximate surface area is 187 Å². The van der Waals surface area contributed by atoms with E-state index < -0.39 is 10.0 Å². The lowest BCUT2D eigenvalue weighted by Gasteiger charge is -2.36. The molecule has 3 aromatic rings. The van der Waals surface area contributed by atoms with Crippen molar-refractivity contribution in [2.24, 2.45) is 0 Å². The Morgan fingerprint density at radius 3 is 2.23 bits per heavy atom. The molecule has 6 nitrogen and oxygen atoms in total. The summed E-state index contributed by atoms with van der Waals surface area (Å²) >= 11 is 6.29. The standard InChI is InChI=1S/C23H22ClN3O3S/c24-21-11-4-5-12-22(21)26-13-15-27(16-14-26)23(28)18-7-6-8-19(17-18)25-31(29,30)20-9-2-1-3-10-20/h1-12,17,25H,13-16H2. The van der Waals surface area contributed by atoms with Gasteiger partial charge in [0.05, 0.1) is 15.6 Å². The highest BCUT2D eigenvalue weighted by atomic mass is 35.5. The molecule has 0 atom stereocenters. The van der Waals surface area contributed by atoms with Crippen molar-refractivity contribution in [2.75, 3.05) is 35.8 Å². The van der Waals surface area contributed by atoms with Gasteiger partial charge in [-0.3, -0.25) is 9.52 Å². The number of carbonyl (C=O) groups excluding carboxylic acids is 1. The number of benzene rings is 3. The topological polar surface area (TPSA) is 69.7 Å². The van der Waals surface area contributed by atoms with Crippen LogP contribution in [0.25, 0.3) is 0 Å². The van der Waals surface area contributed by atoms with Gasteiger partial charge in [0.15, 0.2) is 0 Å². The van der Waals surface area contributed by atoms with E-state index >= 15 is 0 Å². The van der Waals surface area contributed by atoms with Crippen LogP contribution in [0.2, 0.25) is 5.02 Å². The molecule has 4 rings (SSSR count). The van der Waals surface area contributed by atoms with Gasteiger partial charge in [-0.1, -0.05) is 48.0 Å². The van der Waals surface area contributed by atoms with Gasteiger partial charge in [-0.25, -0.2) is 8.42 Å². The van der Waals surface area contributed by atoms with Crippen LogP contribution in [0, 0.1) is 0 Å². The molecule has 0 spiro atoms. The van der Waals surface area contributed by atoms with Crippen molar-refractivity contribution in [2.45, 2.75) is 4.90 Å². The lowest BCUT2D eigenvalue weighted by Crippen LogP contribution is -2.48. The molecule has 0 bridgehead atoms. The maximum absolute atomic E-state index is 13.0. The molecule has 1 saturated heterocycles. The van der Waals surface area contributed by atoms with Crippen LogP contribution in [-0.2, 0) is 10.0 Å². The average Bonchev–Trinajstić information content (AvgIpc) is 2.79. The first kappa shape index (κ1) is 21.2. The van der Waals surface area contributed by atoms with Gasteiger partial charge in [-0.15, -0.1) is 0 Å². The molecule has 1 fully saturated rings. The minimum Gasteiger partial charge on any atom is -0.367 e. The molecular formula is C23H22ClN3O3S. The maximum Gasteiger partial charge on any atom is 0.261 e. The van der Waals surface area contributed by atoms with Crippen molar-refractivity contribution in [1.29, 1.82) is 0 Å². The molecule has 0 radical (unpaired) electrons. The highest BCUT2D eigenvalue weighted by molar-refractivity contribution is 7.92. The zero-order valence-corrected chi connectivity index (χ0v) is 18.3. The van der Waals surface area contributed by atoms with Crippen molar-refractivity contribution in [3.63, 3.8) is 0 Å². The molecule has 31 heavy (non-hydrogen) atoms. The summed E-state index contributed by atoms with van der Waals surface area (Å²) in [5.74, 6) is -0.125. The van der Waals surface area contributed by atoms with Crippen LogP contribution in [0.5, 0.6) is 0 Å². The first-order chi connectivity index (χ1) is 14.9. The van der Waals surface area contributed by atoms with Gasteiger partial charge in [-0.05, 0) is 42.5 Å². The van der Waals surface area contributed by atoms with E-state index in [9.17, 15) is 13.2 Å². The third-order valence-electron chi connectivity index (χ3n) is 5.18. The molecule has 0 aliphatic carbocycles. The minimum atomic E-state index is -3.72. The Morgan fingerprint density at radius 2 is 1.52 bits per heavy atom. The van der Waals surface area contributed by atoms with Gasteiger partial charge < -0.3 is 9.80 Å². The Hall–Kier alpha value is -3.03. The number of sulfonamides is 1. The summed E-state index contributed by atoms with van der Waals surface area (Å²) in [6.45, 7) is 2.47. The van der Waals surface area contributed by atoms with E-state index in [1.807, 2.05) is 24.3 Å². The fourth-order valence-electron chi connectivity index (χ4n) is 3.57. The van der Waals surface area contributed by atoms with E-state index in [0.29, 0.717) is 42.5 Å². The van der Waals surface area contributed by atoms with Crippen LogP contribution in [0.3, 0.4) is 0 Å². The monoisotopic (exact) mass is 455 g/mol. The van der Waals surface area contributed by atoms with Gasteiger partial charge in [0.1, 0.15) is 0 Å². The number of carbonyl (C=O) groups is 1. The number of nitrogens with zero attached hydrogens (tertiary/aromatic N) is 2. The summed E-state index contributed by atoms with van der Waals surface area (Å²) in [6, 6.07) is 22.4. The van der Waals surface area contributed by atoms with E-state index in [-0.39, 0.29) is 10.8 Å². The number of hydrogen-bond donors (Lipinski definition) is 1. The summed E-state index contributed by atoms with van der Waals surface area (Å²) in [7, 11) is -3.72. The van der Waals surface area contributed by atoms with Crippen molar-refractivity contribution in [3.8, 4) is 0 Å². The van der Waals surface area contributed by atoms with Gasteiger partial charge in [0.2, 0.25) is 0 Å². The third-order valence-corrected chi connectivity index (χ3v) is 6.89. The van der Waals surface area contributed by atoms with E-state index in [1.54, 1.807) is 47.4 Å². The van der Waals surface area contributed by atoms with Crippen molar-refractivity contribution >= 4 is 38.9 Å². The fourth-order valence-corrected chi connectivity index (χ4v) is 4.90. The summed E-state index contributed by atoms with van der Waals surface area (Å²) < 4.78 is 27.7. The van der Waals surface area contributed by atoms with E-state index in [0.717, 1.165) is 5.69 Å². The van der Waals surface area contributed by atoms with Crippen LogP contribution in [-0.4, -0.2) is 45.4 Å². The number of halogens is 1. The molecular weight excluding hydrogens is 434 g/mol. The Morgan fingerprint density at radius 1 is 0.839 bits per heavy atom. The molecule has 1 N–H and O–H groups in total. The molecule has 0 aromatic heterocycles. The Bertz CT molecular complexity index is 1180. The zero-order valence-electron chi connectivity index (χ0n) is 16.7. The quantitative estimate of drug-likeness (QED) is 0.628. The normalized spacial score (nSPS) is 14.4. The zero-order chi connectivity index (χ0) is 21.8. The number of hydrogen-bond acceptors (Lipinski definition) is 4. The van der Waals surface area contributed by atoms with E-state index in [1.165, 1.54) is 12.1 Å². The summed E-state index contributed by atoms with van der Waals surface area (Å²) in [5.41, 5.74) is 1.76. The van der Waals surface area contributed by atoms with Crippen molar-refractivity contribution in [1.82, 2.24) is 4.90 Å². The predicted molar refractivity (Wildman–Crippen MR) is 123 cm³/mol. The minimum absolute atomic E-state index is 0.125. The SMILES string of the molecule is O=C(c1cccc(NS(=O)(=O)c2ccccc2)c1)N1CCN(c2ccccc2Cl)CC1. The number of anilines is 2. The highest BCUT2D eigenvalue weighted by Crippen LogP contribution is 2.26. The molecule has 1 aliphatic rings. The predicted octanol–water partition coefficient (Wildman–Crippen LogP) is 4.10. The lowest BCUT2D eigenvalue weighted by atomic mass is 10.1. The third kappa shape index (κ3) is 4.84. The summed E-state index contributed by atoms with van der Waals surface area (Å²) in [4.78, 5) is 17.1. The van der Waals surface area contributed by atoms with Crippen LogP contribution >= 0.6 is 11.6 Å². The molecule has 160 valence electrons. The fraction of sp³-hybridized carbons (Fsp3) is 0.174. The van der Waals surface area contributed by atoms with Crippen LogP contribution in [0.4, 0.5) is 11.4 Å². The Balaban J connectivity index is 1.44. The number of para-hydroxylation sites is 1. The second-order valence-corrected chi connectivity index (χ2v) is 9.32. The van der Waals surface area contributed by atoms with Gasteiger partial charge >= 0.3 is 0 Å². The summed E-state index contributed by atoms with van der Waals surface area (Å²) in [5, 5.41) is 0.695. The second kappa shape index (κ2) is 8.99. The molecule has 1 amide bonds. The maximum atomic E-state index is 13.0. The second-order valence-electron chi connectivity index (χ2n) is 7.23. The van der Waals surface area contributed by atoms with Gasteiger partial charge in [-0.2, -0.15) is 0 Å². The van der Waals surface area contributed by atoms with Crippen LogP contribution in [0.1, 0.15) is 10.4 Å². The number of piperazine rings is 1. The smallest absolute Gasteiger partial charge is 0.261 e. The van der Waals surface area contributed by atoms with Gasteiger partial charge in [0.25, 0.3) is 15.9 Å². The van der Waals surface area contributed by atoms with E-state index in [2.05, 4.69) is 9.62 Å². The number of rotatable bonds is 5. The Kier molecular flexibility index (Phi) is 6.15. The van der Waals surface area contributed by atoms with Crippen LogP contribution < -0.4 is 9.62 Å². The van der Waals surface area contributed by atoms with Crippen molar-refractivity contribution < 1.29 is 13.2 Å². The average molecular weight is 456 g/mol. The van der Waals surface area contributed by atoms with Crippen molar-refractivity contribution in [3.05, 3.63) is 89.4 Å². The first-order valence-corrected chi connectivity index (χ1v) is 11.8.